The molecule has 2 aromatic heterocycles. The highest BCUT2D eigenvalue weighted by Gasteiger charge is 2.24. The molecule has 2 aromatic rings. The quantitative estimate of drug-likeness (QED) is 0.841. The zero-order chi connectivity index (χ0) is 17.3. The molecule has 0 unspecified atom stereocenters. The van der Waals surface area contributed by atoms with Crippen molar-refractivity contribution in [3.8, 4) is 0 Å². The van der Waals surface area contributed by atoms with Gasteiger partial charge in [-0.3, -0.25) is 4.79 Å². The Balaban J connectivity index is 1.62. The third-order valence-electron chi connectivity index (χ3n) is 4.17. The van der Waals surface area contributed by atoms with Gasteiger partial charge in [-0.05, 0) is 13.8 Å². The van der Waals surface area contributed by atoms with Crippen LogP contribution in [0.4, 0.5) is 10.9 Å². The molecule has 0 aliphatic carbocycles. The topological polar surface area (TPSA) is 65.5 Å². The van der Waals surface area contributed by atoms with Gasteiger partial charge in [0.05, 0.1) is 18.1 Å². The highest BCUT2D eigenvalue weighted by atomic mass is 32.1. The van der Waals surface area contributed by atoms with Crippen molar-refractivity contribution in [3.63, 3.8) is 0 Å². The largest absolute Gasteiger partial charge is 0.361 e. The lowest BCUT2D eigenvalue weighted by molar-refractivity contribution is 0.0740. The van der Waals surface area contributed by atoms with Crippen molar-refractivity contribution < 1.29 is 4.79 Å². The summed E-state index contributed by atoms with van der Waals surface area (Å²) in [6.45, 7) is 7.06. The Morgan fingerprint density at radius 2 is 1.83 bits per heavy atom. The van der Waals surface area contributed by atoms with E-state index in [1.165, 1.54) is 4.88 Å². The summed E-state index contributed by atoms with van der Waals surface area (Å²) in [6, 6.07) is 0. The molecule has 0 aromatic carbocycles. The van der Waals surface area contributed by atoms with Crippen LogP contribution in [0.5, 0.6) is 0 Å². The Hall–Kier alpha value is -2.22. The van der Waals surface area contributed by atoms with Gasteiger partial charge < -0.3 is 14.7 Å². The van der Waals surface area contributed by atoms with Crippen molar-refractivity contribution in [3.05, 3.63) is 28.7 Å². The molecule has 1 aliphatic heterocycles. The number of hydrogen-bond acceptors (Lipinski definition) is 7. The van der Waals surface area contributed by atoms with E-state index in [1.807, 2.05) is 30.8 Å². The van der Waals surface area contributed by atoms with Gasteiger partial charge in [-0.1, -0.05) is 0 Å². The summed E-state index contributed by atoms with van der Waals surface area (Å²) >= 11 is 1.72. The van der Waals surface area contributed by atoms with Gasteiger partial charge >= 0.3 is 0 Å². The predicted molar refractivity (Wildman–Crippen MR) is 96.1 cm³/mol. The molecule has 0 spiro atoms. The zero-order valence-electron chi connectivity index (χ0n) is 14.5. The first-order chi connectivity index (χ1) is 11.5. The monoisotopic (exact) mass is 346 g/mol. The van der Waals surface area contributed by atoms with E-state index in [1.54, 1.807) is 23.7 Å². The molecule has 0 saturated carbocycles. The minimum atomic E-state index is -0.0565. The highest BCUT2D eigenvalue weighted by Crippen LogP contribution is 2.26. The van der Waals surface area contributed by atoms with Crippen molar-refractivity contribution in [1.82, 2.24) is 19.9 Å². The summed E-state index contributed by atoms with van der Waals surface area (Å²) in [7, 11) is 3.79. The minimum absolute atomic E-state index is 0.0565. The van der Waals surface area contributed by atoms with Crippen molar-refractivity contribution in [2.75, 3.05) is 50.1 Å². The SMILES string of the molecule is Cc1nc(N2CCN(C(=O)c3cnc(N(C)C)cn3)CC2)sc1C. The van der Waals surface area contributed by atoms with Crippen LogP contribution in [-0.2, 0) is 0 Å². The molecular weight excluding hydrogens is 324 g/mol. The van der Waals surface area contributed by atoms with Crippen LogP contribution in [-0.4, -0.2) is 66.0 Å². The molecule has 1 fully saturated rings. The number of carbonyl (C=O) groups is 1. The molecule has 7 nitrogen and oxygen atoms in total. The van der Waals surface area contributed by atoms with Crippen LogP contribution in [0.25, 0.3) is 0 Å². The van der Waals surface area contributed by atoms with E-state index in [0.717, 1.165) is 29.7 Å². The average molecular weight is 346 g/mol. The standard InChI is InChI=1S/C16H22N6OS/c1-11-12(2)24-16(19-11)22-7-5-21(6-8-22)15(23)13-9-18-14(10-17-13)20(3)4/h9-10H,5-8H2,1-4H3. The fraction of sp³-hybridized carbons (Fsp3) is 0.500. The lowest BCUT2D eigenvalue weighted by Gasteiger charge is -2.34. The van der Waals surface area contributed by atoms with E-state index in [0.29, 0.717) is 18.8 Å². The smallest absolute Gasteiger partial charge is 0.274 e. The van der Waals surface area contributed by atoms with Gasteiger partial charge in [0, 0.05) is 45.2 Å². The number of piperazine rings is 1. The van der Waals surface area contributed by atoms with Gasteiger partial charge in [0.2, 0.25) is 0 Å². The first-order valence-electron chi connectivity index (χ1n) is 7.93. The number of anilines is 2. The third-order valence-corrected chi connectivity index (χ3v) is 5.30. The Morgan fingerprint density at radius 1 is 1.12 bits per heavy atom. The molecule has 0 bridgehead atoms. The summed E-state index contributed by atoms with van der Waals surface area (Å²) in [4.78, 5) is 32.9. The fourth-order valence-electron chi connectivity index (χ4n) is 2.52. The number of aryl methyl sites for hydroxylation is 2. The third kappa shape index (κ3) is 3.33. The molecule has 0 N–H and O–H groups in total. The predicted octanol–water partition coefficient (Wildman–Crippen LogP) is 1.58. The highest BCUT2D eigenvalue weighted by molar-refractivity contribution is 7.15. The maximum Gasteiger partial charge on any atom is 0.274 e. The molecule has 1 saturated heterocycles. The summed E-state index contributed by atoms with van der Waals surface area (Å²) in [5, 5.41) is 1.05. The Labute approximate surface area is 146 Å². The second-order valence-electron chi connectivity index (χ2n) is 6.07. The number of rotatable bonds is 3. The number of aromatic nitrogens is 3. The number of nitrogens with zero attached hydrogens (tertiary/aromatic N) is 6. The van der Waals surface area contributed by atoms with Gasteiger partial charge in [-0.25, -0.2) is 15.0 Å². The van der Waals surface area contributed by atoms with Crippen LogP contribution in [0.3, 0.4) is 0 Å². The zero-order valence-corrected chi connectivity index (χ0v) is 15.3. The first-order valence-corrected chi connectivity index (χ1v) is 8.75. The van der Waals surface area contributed by atoms with E-state index < -0.39 is 0 Å². The van der Waals surface area contributed by atoms with E-state index in [2.05, 4.69) is 26.8 Å². The number of carbonyl (C=O) groups excluding carboxylic acids is 1. The lowest BCUT2D eigenvalue weighted by atomic mass is 10.3. The molecule has 3 rings (SSSR count). The summed E-state index contributed by atoms with van der Waals surface area (Å²) < 4.78 is 0. The second-order valence-corrected chi connectivity index (χ2v) is 7.25. The van der Waals surface area contributed by atoms with Crippen molar-refractivity contribution in [2.45, 2.75) is 13.8 Å². The summed E-state index contributed by atoms with van der Waals surface area (Å²) in [5.74, 6) is 0.685. The number of amides is 1. The minimum Gasteiger partial charge on any atom is -0.361 e. The van der Waals surface area contributed by atoms with Crippen molar-refractivity contribution >= 4 is 28.2 Å². The second kappa shape index (κ2) is 6.72. The summed E-state index contributed by atoms with van der Waals surface area (Å²) in [6.07, 6.45) is 3.18. The first kappa shape index (κ1) is 16.6. The van der Waals surface area contributed by atoms with Crippen molar-refractivity contribution in [1.29, 1.82) is 0 Å². The van der Waals surface area contributed by atoms with Crippen LogP contribution in [0.2, 0.25) is 0 Å². The molecular formula is C16H22N6OS. The van der Waals surface area contributed by atoms with E-state index in [4.69, 9.17) is 0 Å². The van der Waals surface area contributed by atoms with Crippen LogP contribution < -0.4 is 9.80 Å². The molecule has 128 valence electrons. The van der Waals surface area contributed by atoms with Crippen LogP contribution in [0.1, 0.15) is 21.1 Å². The fourth-order valence-corrected chi connectivity index (χ4v) is 3.48. The van der Waals surface area contributed by atoms with Gasteiger partial charge in [-0.15, -0.1) is 11.3 Å². The normalized spacial score (nSPS) is 14.8. The Bertz CT molecular complexity index is 699. The maximum atomic E-state index is 12.6. The van der Waals surface area contributed by atoms with Crippen LogP contribution >= 0.6 is 11.3 Å². The van der Waals surface area contributed by atoms with Gasteiger partial charge in [0.25, 0.3) is 5.91 Å². The van der Waals surface area contributed by atoms with E-state index in [9.17, 15) is 4.79 Å². The van der Waals surface area contributed by atoms with Crippen LogP contribution in [0, 0.1) is 13.8 Å². The summed E-state index contributed by atoms with van der Waals surface area (Å²) in [5.41, 5.74) is 1.49. The molecule has 1 amide bonds. The Morgan fingerprint density at radius 3 is 2.33 bits per heavy atom. The lowest BCUT2D eigenvalue weighted by Crippen LogP contribution is -2.49. The molecule has 0 radical (unpaired) electrons. The van der Waals surface area contributed by atoms with Crippen molar-refractivity contribution in [2.24, 2.45) is 0 Å². The molecule has 24 heavy (non-hydrogen) atoms. The van der Waals surface area contributed by atoms with E-state index in [-0.39, 0.29) is 5.91 Å². The molecule has 3 heterocycles. The Kier molecular flexibility index (Phi) is 4.66. The van der Waals surface area contributed by atoms with Gasteiger partial charge in [-0.2, -0.15) is 0 Å². The molecule has 8 heteroatoms. The number of thiazole rings is 1. The molecule has 0 atom stereocenters. The van der Waals surface area contributed by atoms with Gasteiger partial charge in [0.1, 0.15) is 11.5 Å². The molecule has 1 aliphatic rings. The number of hydrogen-bond donors (Lipinski definition) is 0. The van der Waals surface area contributed by atoms with Gasteiger partial charge in [0.15, 0.2) is 5.13 Å². The maximum absolute atomic E-state index is 12.6. The van der Waals surface area contributed by atoms with Crippen LogP contribution in [0.15, 0.2) is 12.4 Å². The van der Waals surface area contributed by atoms with E-state index >= 15 is 0 Å². The average Bonchev–Trinajstić information content (AvgIpc) is 2.93.